The molecule has 2 N–H and O–H groups in total. The van der Waals surface area contributed by atoms with Crippen molar-refractivity contribution < 1.29 is 9.84 Å². The largest absolute Gasteiger partial charge is 0.396 e. The molecule has 0 saturated heterocycles. The molecular weight excluding hydrogens is 178 g/mol. The van der Waals surface area contributed by atoms with Crippen molar-refractivity contribution in [1.29, 1.82) is 0 Å². The summed E-state index contributed by atoms with van der Waals surface area (Å²) in [6, 6.07) is 0. The Labute approximate surface area is 87.8 Å². The Morgan fingerprint density at radius 2 is 2.07 bits per heavy atom. The molecule has 1 unspecified atom stereocenters. The Kier molecular flexibility index (Phi) is 7.15. The first-order valence-corrected chi connectivity index (χ1v) is 5.47. The molecule has 14 heavy (non-hydrogen) atoms. The Bertz CT molecular complexity index is 133. The van der Waals surface area contributed by atoms with E-state index in [1.165, 1.54) is 0 Å². The Hall–Kier alpha value is -0.120. The van der Waals surface area contributed by atoms with Crippen molar-refractivity contribution in [3.63, 3.8) is 0 Å². The van der Waals surface area contributed by atoms with Gasteiger partial charge < -0.3 is 15.2 Å². The SMILES string of the molecule is CCC(C)(CO)CNCCOC(C)C. The molecule has 3 heteroatoms. The lowest BCUT2D eigenvalue weighted by Gasteiger charge is -2.25. The second-order valence-electron chi connectivity index (χ2n) is 4.42. The van der Waals surface area contributed by atoms with Crippen LogP contribution in [0.4, 0.5) is 0 Å². The maximum Gasteiger partial charge on any atom is 0.0594 e. The molecule has 0 aromatic carbocycles. The van der Waals surface area contributed by atoms with Crippen LogP contribution in [0, 0.1) is 5.41 Å². The lowest BCUT2D eigenvalue weighted by atomic mass is 9.89. The first-order chi connectivity index (χ1) is 6.54. The van der Waals surface area contributed by atoms with Crippen molar-refractivity contribution in [2.45, 2.75) is 40.2 Å². The van der Waals surface area contributed by atoms with E-state index < -0.39 is 0 Å². The van der Waals surface area contributed by atoms with Crippen molar-refractivity contribution >= 4 is 0 Å². The van der Waals surface area contributed by atoms with Crippen LogP contribution in [0.3, 0.4) is 0 Å². The monoisotopic (exact) mass is 203 g/mol. The van der Waals surface area contributed by atoms with E-state index in [1.54, 1.807) is 0 Å². The first kappa shape index (κ1) is 13.9. The number of hydrogen-bond acceptors (Lipinski definition) is 3. The van der Waals surface area contributed by atoms with Crippen LogP contribution in [-0.2, 0) is 4.74 Å². The number of rotatable bonds is 8. The lowest BCUT2D eigenvalue weighted by molar-refractivity contribution is 0.0759. The van der Waals surface area contributed by atoms with Gasteiger partial charge in [0.1, 0.15) is 0 Å². The molecule has 0 aliphatic heterocycles. The van der Waals surface area contributed by atoms with Crippen LogP contribution in [0.2, 0.25) is 0 Å². The second kappa shape index (κ2) is 7.21. The third-order valence-corrected chi connectivity index (χ3v) is 2.52. The van der Waals surface area contributed by atoms with Gasteiger partial charge in [-0.2, -0.15) is 0 Å². The van der Waals surface area contributed by atoms with Crippen LogP contribution in [-0.4, -0.2) is 37.5 Å². The smallest absolute Gasteiger partial charge is 0.0594 e. The summed E-state index contributed by atoms with van der Waals surface area (Å²) >= 11 is 0. The summed E-state index contributed by atoms with van der Waals surface area (Å²) in [5.74, 6) is 0. The van der Waals surface area contributed by atoms with Gasteiger partial charge in [-0.1, -0.05) is 13.8 Å². The van der Waals surface area contributed by atoms with Crippen LogP contribution in [0.25, 0.3) is 0 Å². The van der Waals surface area contributed by atoms with Gasteiger partial charge in [0.15, 0.2) is 0 Å². The van der Waals surface area contributed by atoms with Crippen molar-refractivity contribution in [3.05, 3.63) is 0 Å². The van der Waals surface area contributed by atoms with Gasteiger partial charge in [-0.25, -0.2) is 0 Å². The summed E-state index contributed by atoms with van der Waals surface area (Å²) in [4.78, 5) is 0. The zero-order chi connectivity index (χ0) is 11.0. The van der Waals surface area contributed by atoms with Gasteiger partial charge in [0, 0.05) is 25.1 Å². The number of aliphatic hydroxyl groups excluding tert-OH is 1. The predicted molar refractivity (Wildman–Crippen MR) is 59.4 cm³/mol. The highest BCUT2D eigenvalue weighted by atomic mass is 16.5. The summed E-state index contributed by atoms with van der Waals surface area (Å²) in [6.45, 7) is 10.9. The molecule has 0 rings (SSSR count). The minimum absolute atomic E-state index is 0.0117. The molecular formula is C11H25NO2. The van der Waals surface area contributed by atoms with Gasteiger partial charge >= 0.3 is 0 Å². The molecule has 0 heterocycles. The molecule has 3 nitrogen and oxygen atoms in total. The maximum absolute atomic E-state index is 9.16. The zero-order valence-electron chi connectivity index (χ0n) is 9.97. The minimum atomic E-state index is 0.0117. The molecule has 0 radical (unpaired) electrons. The Morgan fingerprint density at radius 3 is 2.50 bits per heavy atom. The molecule has 0 bridgehead atoms. The fourth-order valence-electron chi connectivity index (χ4n) is 1.05. The summed E-state index contributed by atoms with van der Waals surface area (Å²) in [7, 11) is 0. The van der Waals surface area contributed by atoms with Crippen molar-refractivity contribution in [2.24, 2.45) is 5.41 Å². The van der Waals surface area contributed by atoms with E-state index in [0.29, 0.717) is 6.10 Å². The van der Waals surface area contributed by atoms with Gasteiger partial charge in [0.25, 0.3) is 0 Å². The number of ether oxygens (including phenoxy) is 1. The molecule has 0 aromatic heterocycles. The fraction of sp³-hybridized carbons (Fsp3) is 1.00. The predicted octanol–water partition coefficient (Wildman–Crippen LogP) is 1.41. The van der Waals surface area contributed by atoms with Crippen molar-refractivity contribution in [1.82, 2.24) is 5.32 Å². The first-order valence-electron chi connectivity index (χ1n) is 5.47. The molecule has 0 amide bonds. The third-order valence-electron chi connectivity index (χ3n) is 2.52. The van der Waals surface area contributed by atoms with Crippen LogP contribution < -0.4 is 5.32 Å². The summed E-state index contributed by atoms with van der Waals surface area (Å²) in [5, 5.41) is 12.5. The van der Waals surface area contributed by atoms with Gasteiger partial charge in [-0.05, 0) is 20.3 Å². The van der Waals surface area contributed by atoms with Gasteiger partial charge in [-0.3, -0.25) is 0 Å². The van der Waals surface area contributed by atoms with E-state index in [4.69, 9.17) is 9.84 Å². The van der Waals surface area contributed by atoms with Crippen LogP contribution in [0.1, 0.15) is 34.1 Å². The normalized spacial score (nSPS) is 15.9. The average Bonchev–Trinajstić information content (AvgIpc) is 2.16. The molecule has 0 saturated carbocycles. The number of hydrogen-bond donors (Lipinski definition) is 2. The van der Waals surface area contributed by atoms with E-state index in [9.17, 15) is 0 Å². The Balaban J connectivity index is 3.43. The van der Waals surface area contributed by atoms with E-state index in [-0.39, 0.29) is 12.0 Å². The van der Waals surface area contributed by atoms with E-state index in [2.05, 4.69) is 19.2 Å². The topological polar surface area (TPSA) is 41.5 Å². The summed E-state index contributed by atoms with van der Waals surface area (Å²) in [6.07, 6.45) is 1.29. The molecule has 86 valence electrons. The zero-order valence-corrected chi connectivity index (χ0v) is 9.97. The third kappa shape index (κ3) is 6.35. The molecule has 0 fully saturated rings. The van der Waals surface area contributed by atoms with Crippen LogP contribution in [0.15, 0.2) is 0 Å². The number of nitrogens with one attached hydrogen (secondary N) is 1. The van der Waals surface area contributed by atoms with Crippen molar-refractivity contribution in [2.75, 3.05) is 26.3 Å². The quantitative estimate of drug-likeness (QED) is 0.586. The summed E-state index contributed by atoms with van der Waals surface area (Å²) < 4.78 is 5.40. The van der Waals surface area contributed by atoms with Gasteiger partial charge in [-0.15, -0.1) is 0 Å². The average molecular weight is 203 g/mol. The lowest BCUT2D eigenvalue weighted by Crippen LogP contribution is -2.36. The highest BCUT2D eigenvalue weighted by Gasteiger charge is 2.19. The summed E-state index contributed by atoms with van der Waals surface area (Å²) in [5.41, 5.74) is 0.0117. The minimum Gasteiger partial charge on any atom is -0.396 e. The molecule has 0 aliphatic carbocycles. The Morgan fingerprint density at radius 1 is 1.43 bits per heavy atom. The van der Waals surface area contributed by atoms with Crippen LogP contribution in [0.5, 0.6) is 0 Å². The number of aliphatic hydroxyl groups is 1. The van der Waals surface area contributed by atoms with E-state index >= 15 is 0 Å². The molecule has 0 aliphatic rings. The standard InChI is InChI=1S/C11H25NO2/c1-5-11(4,9-13)8-12-6-7-14-10(2)3/h10,12-13H,5-9H2,1-4H3. The van der Waals surface area contributed by atoms with Crippen LogP contribution >= 0.6 is 0 Å². The van der Waals surface area contributed by atoms with E-state index in [1.807, 2.05) is 13.8 Å². The molecule has 0 spiro atoms. The van der Waals surface area contributed by atoms with Gasteiger partial charge in [0.2, 0.25) is 0 Å². The van der Waals surface area contributed by atoms with Gasteiger partial charge in [0.05, 0.1) is 12.7 Å². The fourth-order valence-corrected chi connectivity index (χ4v) is 1.05. The molecule has 0 aromatic rings. The highest BCUT2D eigenvalue weighted by Crippen LogP contribution is 2.17. The van der Waals surface area contributed by atoms with E-state index in [0.717, 1.165) is 26.1 Å². The maximum atomic E-state index is 9.16. The highest BCUT2D eigenvalue weighted by molar-refractivity contribution is 4.73. The molecule has 1 atom stereocenters. The second-order valence-corrected chi connectivity index (χ2v) is 4.42. The van der Waals surface area contributed by atoms with Crippen molar-refractivity contribution in [3.8, 4) is 0 Å².